The molecule has 0 amide bonds. The van der Waals surface area contributed by atoms with Gasteiger partial charge in [-0.2, -0.15) is 0 Å². The molecule has 2 aromatic carbocycles. The molecule has 0 saturated carbocycles. The van der Waals surface area contributed by atoms with Gasteiger partial charge >= 0.3 is 5.97 Å². The number of thiocarbonyl (C=S) groups is 1. The molecule has 2 aliphatic rings. The molecule has 2 bridgehead atoms. The zero-order chi connectivity index (χ0) is 17.4. The van der Waals surface area contributed by atoms with Gasteiger partial charge in [0.2, 0.25) is 5.72 Å². The van der Waals surface area contributed by atoms with Crippen LogP contribution in [0.5, 0.6) is 5.75 Å². The zero-order valence-corrected chi connectivity index (χ0v) is 14.5. The van der Waals surface area contributed by atoms with Crippen LogP contribution in [0.15, 0.2) is 54.6 Å². The molecule has 1 fully saturated rings. The van der Waals surface area contributed by atoms with Gasteiger partial charge in [0, 0.05) is 11.1 Å². The third kappa shape index (κ3) is 2.44. The van der Waals surface area contributed by atoms with Gasteiger partial charge in [-0.3, -0.25) is 4.79 Å². The van der Waals surface area contributed by atoms with Crippen LogP contribution in [-0.2, 0) is 15.3 Å². The Kier molecular flexibility index (Phi) is 3.84. The number of fused-ring (bicyclic) bond motifs is 4. The summed E-state index contributed by atoms with van der Waals surface area (Å²) in [7, 11) is 0. The van der Waals surface area contributed by atoms with E-state index in [1.54, 1.807) is 6.92 Å². The van der Waals surface area contributed by atoms with Crippen molar-refractivity contribution >= 4 is 23.3 Å². The van der Waals surface area contributed by atoms with Crippen molar-refractivity contribution in [2.75, 3.05) is 6.61 Å². The van der Waals surface area contributed by atoms with Gasteiger partial charge < -0.3 is 20.1 Å². The maximum Gasteiger partial charge on any atom is 0.317 e. The lowest BCUT2D eigenvalue weighted by molar-refractivity contribution is -0.165. The van der Waals surface area contributed by atoms with Crippen LogP contribution in [0.3, 0.4) is 0 Å². The normalized spacial score (nSPS) is 26.5. The van der Waals surface area contributed by atoms with E-state index in [9.17, 15) is 4.79 Å². The average molecular weight is 354 g/mol. The van der Waals surface area contributed by atoms with Crippen LogP contribution in [0.4, 0.5) is 0 Å². The van der Waals surface area contributed by atoms with Gasteiger partial charge in [0.05, 0.1) is 12.6 Å². The molecule has 5 nitrogen and oxygen atoms in total. The molecule has 0 unspecified atom stereocenters. The minimum Gasteiger partial charge on any atom is -0.466 e. The largest absolute Gasteiger partial charge is 0.466 e. The van der Waals surface area contributed by atoms with Gasteiger partial charge in [0.15, 0.2) is 5.11 Å². The van der Waals surface area contributed by atoms with Crippen molar-refractivity contribution in [2.45, 2.75) is 18.7 Å². The molecule has 0 spiro atoms. The van der Waals surface area contributed by atoms with Crippen molar-refractivity contribution in [3.05, 3.63) is 65.7 Å². The molecule has 0 radical (unpaired) electrons. The first kappa shape index (κ1) is 15.9. The molecule has 2 heterocycles. The minimum absolute atomic E-state index is 0.305. The Morgan fingerprint density at radius 1 is 1.20 bits per heavy atom. The number of ether oxygens (including phenoxy) is 2. The van der Waals surface area contributed by atoms with Crippen LogP contribution in [0.2, 0.25) is 0 Å². The van der Waals surface area contributed by atoms with E-state index >= 15 is 0 Å². The van der Waals surface area contributed by atoms with Gasteiger partial charge in [-0.05, 0) is 25.2 Å². The van der Waals surface area contributed by atoms with Crippen LogP contribution >= 0.6 is 12.2 Å². The number of nitrogens with one attached hydrogen (secondary N) is 2. The molecule has 25 heavy (non-hydrogen) atoms. The Balaban J connectivity index is 1.94. The SMILES string of the molecule is CCOC(=O)[C@@H]1[C@@H]2NC(=S)N[C@]1(c1ccccc1)Oc1ccccc12. The predicted octanol–water partition coefficient (Wildman–Crippen LogP) is 2.63. The van der Waals surface area contributed by atoms with E-state index in [0.29, 0.717) is 11.7 Å². The topological polar surface area (TPSA) is 59.6 Å². The maximum atomic E-state index is 12.9. The van der Waals surface area contributed by atoms with Gasteiger partial charge in [0.25, 0.3) is 0 Å². The summed E-state index contributed by atoms with van der Waals surface area (Å²) in [5.41, 5.74) is 0.627. The highest BCUT2D eigenvalue weighted by Gasteiger charge is 2.59. The fourth-order valence-electron chi connectivity index (χ4n) is 3.62. The minimum atomic E-state index is -1.10. The Morgan fingerprint density at radius 3 is 2.68 bits per heavy atom. The van der Waals surface area contributed by atoms with E-state index < -0.39 is 11.6 Å². The number of esters is 1. The first-order valence-electron chi connectivity index (χ1n) is 8.24. The van der Waals surface area contributed by atoms with E-state index in [0.717, 1.165) is 16.9 Å². The fourth-order valence-corrected chi connectivity index (χ4v) is 3.90. The zero-order valence-electron chi connectivity index (χ0n) is 13.7. The van der Waals surface area contributed by atoms with Crippen molar-refractivity contribution in [2.24, 2.45) is 5.92 Å². The fraction of sp³-hybridized carbons (Fsp3) is 0.263. The summed E-state index contributed by atoms with van der Waals surface area (Å²) in [6.07, 6.45) is 0. The highest BCUT2D eigenvalue weighted by atomic mass is 32.1. The molecule has 2 N–H and O–H groups in total. The van der Waals surface area contributed by atoms with Crippen molar-refractivity contribution in [3.8, 4) is 5.75 Å². The second-order valence-electron chi connectivity index (χ2n) is 6.05. The van der Waals surface area contributed by atoms with E-state index in [-0.39, 0.29) is 12.0 Å². The van der Waals surface area contributed by atoms with Crippen molar-refractivity contribution in [3.63, 3.8) is 0 Å². The second-order valence-corrected chi connectivity index (χ2v) is 6.46. The Labute approximate surface area is 151 Å². The van der Waals surface area contributed by atoms with E-state index in [2.05, 4.69) is 10.6 Å². The Morgan fingerprint density at radius 2 is 1.92 bits per heavy atom. The van der Waals surface area contributed by atoms with Gasteiger partial charge in [0.1, 0.15) is 11.7 Å². The quantitative estimate of drug-likeness (QED) is 0.653. The molecule has 6 heteroatoms. The monoisotopic (exact) mass is 354 g/mol. The predicted molar refractivity (Wildman–Crippen MR) is 96.9 cm³/mol. The summed E-state index contributed by atoms with van der Waals surface area (Å²) in [6.45, 7) is 2.10. The average Bonchev–Trinajstić information content (AvgIpc) is 2.62. The third-order valence-corrected chi connectivity index (χ3v) is 4.85. The molecule has 2 aliphatic heterocycles. The summed E-state index contributed by atoms with van der Waals surface area (Å²) in [6, 6.07) is 17.0. The third-order valence-electron chi connectivity index (χ3n) is 4.63. The maximum absolute atomic E-state index is 12.9. The van der Waals surface area contributed by atoms with Crippen molar-refractivity contribution in [1.29, 1.82) is 0 Å². The highest BCUT2D eigenvalue weighted by Crippen LogP contribution is 2.49. The number of hydrogen-bond acceptors (Lipinski definition) is 4. The standard InChI is InChI=1S/C19H18N2O3S/c1-2-23-17(22)15-16-13-10-6-7-11-14(13)24-19(15,21-18(25)20-16)12-8-4-3-5-9-12/h3-11,15-16H,2H2,1H3,(H2,20,21,25)/t15-,16+,19+/m0/s1. The molecule has 3 atom stereocenters. The summed E-state index contributed by atoms with van der Waals surface area (Å²) in [5, 5.41) is 6.88. The summed E-state index contributed by atoms with van der Waals surface area (Å²) in [4.78, 5) is 12.9. The molecular weight excluding hydrogens is 336 g/mol. The number of carbonyl (C=O) groups is 1. The van der Waals surface area contributed by atoms with Crippen LogP contribution in [-0.4, -0.2) is 17.7 Å². The lowest BCUT2D eigenvalue weighted by Gasteiger charge is -2.51. The summed E-state index contributed by atoms with van der Waals surface area (Å²) in [5.74, 6) is -0.218. The van der Waals surface area contributed by atoms with Crippen LogP contribution in [0, 0.1) is 5.92 Å². The van der Waals surface area contributed by atoms with E-state index in [1.165, 1.54) is 0 Å². The summed E-state index contributed by atoms with van der Waals surface area (Å²) < 4.78 is 11.8. The molecular formula is C19H18N2O3S. The van der Waals surface area contributed by atoms with E-state index in [1.807, 2.05) is 54.6 Å². The molecule has 4 rings (SSSR count). The number of benzene rings is 2. The molecule has 2 aromatic rings. The van der Waals surface area contributed by atoms with E-state index in [4.69, 9.17) is 21.7 Å². The lowest BCUT2D eigenvalue weighted by Crippen LogP contribution is -2.69. The second kappa shape index (κ2) is 6.04. The molecule has 1 saturated heterocycles. The number of para-hydroxylation sites is 1. The van der Waals surface area contributed by atoms with Crippen LogP contribution in [0.1, 0.15) is 24.1 Å². The Hall–Kier alpha value is -2.60. The first-order valence-corrected chi connectivity index (χ1v) is 8.65. The van der Waals surface area contributed by atoms with Crippen molar-refractivity contribution in [1.82, 2.24) is 10.6 Å². The lowest BCUT2D eigenvalue weighted by atomic mass is 9.76. The smallest absolute Gasteiger partial charge is 0.317 e. The Bertz CT molecular complexity index is 826. The number of rotatable bonds is 3. The van der Waals surface area contributed by atoms with Gasteiger partial charge in [-0.1, -0.05) is 48.5 Å². The molecule has 128 valence electrons. The molecule has 0 aromatic heterocycles. The van der Waals surface area contributed by atoms with Crippen LogP contribution < -0.4 is 15.4 Å². The van der Waals surface area contributed by atoms with Gasteiger partial charge in [-0.25, -0.2) is 0 Å². The highest BCUT2D eigenvalue weighted by molar-refractivity contribution is 7.80. The van der Waals surface area contributed by atoms with Crippen LogP contribution in [0.25, 0.3) is 0 Å². The number of carbonyl (C=O) groups excluding carboxylic acids is 1. The number of hydrogen-bond donors (Lipinski definition) is 2. The molecule has 0 aliphatic carbocycles. The summed E-state index contributed by atoms with van der Waals surface area (Å²) >= 11 is 5.41. The van der Waals surface area contributed by atoms with Gasteiger partial charge in [-0.15, -0.1) is 0 Å². The van der Waals surface area contributed by atoms with Crippen molar-refractivity contribution < 1.29 is 14.3 Å². The first-order chi connectivity index (χ1) is 12.2.